The number of amides is 1. The van der Waals surface area contributed by atoms with Gasteiger partial charge in [0.05, 0.1) is 17.5 Å². The first-order valence-electron chi connectivity index (χ1n) is 10.4. The normalized spacial score (nSPS) is 16.8. The van der Waals surface area contributed by atoms with Gasteiger partial charge >= 0.3 is 0 Å². The van der Waals surface area contributed by atoms with E-state index < -0.39 is 0 Å². The van der Waals surface area contributed by atoms with Crippen molar-refractivity contribution in [2.24, 2.45) is 5.92 Å². The van der Waals surface area contributed by atoms with E-state index in [-0.39, 0.29) is 11.8 Å². The number of piperidine rings is 1. The number of hydrogen-bond acceptors (Lipinski definition) is 5. The van der Waals surface area contributed by atoms with Crippen LogP contribution in [0.25, 0.3) is 11.4 Å². The van der Waals surface area contributed by atoms with Crippen molar-refractivity contribution in [3.63, 3.8) is 0 Å². The molecule has 0 saturated carbocycles. The third-order valence-electron chi connectivity index (χ3n) is 5.56. The van der Waals surface area contributed by atoms with Crippen LogP contribution in [0, 0.1) is 5.92 Å². The van der Waals surface area contributed by atoms with Gasteiger partial charge in [-0.3, -0.25) is 9.69 Å². The number of carbonyl (C=O) groups is 1. The summed E-state index contributed by atoms with van der Waals surface area (Å²) in [6.45, 7) is 2.58. The maximum Gasteiger partial charge on any atom is 0.241 e. The topological polar surface area (TPSA) is 62.5 Å². The Hall–Kier alpha value is -2.12. The molecule has 6 nitrogen and oxygen atoms in total. The van der Waals surface area contributed by atoms with Crippen LogP contribution in [-0.2, 0) is 17.9 Å². The van der Waals surface area contributed by atoms with Gasteiger partial charge in [0.2, 0.25) is 17.6 Å². The summed E-state index contributed by atoms with van der Waals surface area (Å²) in [6, 6.07) is 12.7. The zero-order valence-corrected chi connectivity index (χ0v) is 19.9. The lowest BCUT2D eigenvalue weighted by Gasteiger charge is -2.33. The van der Waals surface area contributed by atoms with Crippen LogP contribution >= 0.6 is 34.8 Å². The van der Waals surface area contributed by atoms with Crippen molar-refractivity contribution >= 4 is 40.7 Å². The number of aromatic nitrogens is 2. The van der Waals surface area contributed by atoms with E-state index in [2.05, 4.69) is 15.0 Å². The largest absolute Gasteiger partial charge is 0.341 e. The van der Waals surface area contributed by atoms with Crippen molar-refractivity contribution in [2.45, 2.75) is 25.9 Å². The van der Waals surface area contributed by atoms with Gasteiger partial charge in [-0.05, 0) is 55.3 Å². The summed E-state index contributed by atoms with van der Waals surface area (Å²) in [5.74, 6) is 1.00. The quantitative estimate of drug-likeness (QED) is 0.449. The number of benzene rings is 2. The van der Waals surface area contributed by atoms with Crippen molar-refractivity contribution in [1.29, 1.82) is 0 Å². The van der Waals surface area contributed by atoms with Gasteiger partial charge in [0, 0.05) is 35.7 Å². The second-order valence-electron chi connectivity index (χ2n) is 8.03. The van der Waals surface area contributed by atoms with Gasteiger partial charge in [-0.15, -0.1) is 0 Å². The fourth-order valence-electron chi connectivity index (χ4n) is 3.94. The van der Waals surface area contributed by atoms with Crippen LogP contribution in [0.1, 0.15) is 24.3 Å². The molecule has 32 heavy (non-hydrogen) atoms. The average molecular weight is 494 g/mol. The average Bonchev–Trinajstić information content (AvgIpc) is 3.23. The molecule has 9 heteroatoms. The van der Waals surface area contributed by atoms with Gasteiger partial charge in [-0.1, -0.05) is 52.1 Å². The summed E-state index contributed by atoms with van der Waals surface area (Å²) in [5.41, 5.74) is 1.72. The number of rotatable bonds is 6. The number of hydrogen-bond donors (Lipinski definition) is 0. The molecular formula is C23H23Cl3N4O2. The predicted octanol–water partition coefficient (Wildman–Crippen LogP) is 5.57. The summed E-state index contributed by atoms with van der Waals surface area (Å²) in [5, 5.41) is 5.76. The first kappa shape index (κ1) is 23.1. The van der Waals surface area contributed by atoms with Crippen LogP contribution in [-0.4, -0.2) is 46.0 Å². The Labute approximate surface area is 202 Å². The lowest BCUT2D eigenvalue weighted by atomic mass is 9.96. The van der Waals surface area contributed by atoms with Crippen LogP contribution in [0.15, 0.2) is 47.0 Å². The van der Waals surface area contributed by atoms with E-state index in [4.69, 9.17) is 39.3 Å². The molecule has 168 valence electrons. The molecule has 1 amide bonds. The summed E-state index contributed by atoms with van der Waals surface area (Å²) in [4.78, 5) is 21.5. The Bertz CT molecular complexity index is 1090. The Kier molecular flexibility index (Phi) is 7.36. The lowest BCUT2D eigenvalue weighted by molar-refractivity contribution is -0.136. The monoisotopic (exact) mass is 492 g/mol. The smallest absolute Gasteiger partial charge is 0.241 e. The van der Waals surface area contributed by atoms with Gasteiger partial charge in [-0.25, -0.2) is 0 Å². The third-order valence-corrected chi connectivity index (χ3v) is 6.36. The molecular weight excluding hydrogens is 471 g/mol. The van der Waals surface area contributed by atoms with E-state index in [1.165, 1.54) is 0 Å². The highest BCUT2D eigenvalue weighted by molar-refractivity contribution is 6.36. The fourth-order valence-corrected chi connectivity index (χ4v) is 4.56. The molecule has 4 rings (SSSR count). The minimum atomic E-state index is -0.0610. The molecule has 1 aromatic heterocycles. The zero-order chi connectivity index (χ0) is 22.7. The number of carbonyl (C=O) groups excluding carboxylic acids is 1. The minimum Gasteiger partial charge on any atom is -0.341 e. The maximum absolute atomic E-state index is 13.0. The van der Waals surface area contributed by atoms with Crippen LogP contribution < -0.4 is 0 Å². The predicted molar refractivity (Wildman–Crippen MR) is 126 cm³/mol. The van der Waals surface area contributed by atoms with E-state index in [0.29, 0.717) is 52.0 Å². The van der Waals surface area contributed by atoms with E-state index in [1.807, 2.05) is 31.3 Å². The lowest BCUT2D eigenvalue weighted by Crippen LogP contribution is -2.43. The number of likely N-dealkylation sites (tertiary alicyclic amines) is 1. The molecule has 2 heterocycles. The molecule has 0 radical (unpaired) electrons. The van der Waals surface area contributed by atoms with Crippen molar-refractivity contribution < 1.29 is 9.32 Å². The first-order valence-corrected chi connectivity index (χ1v) is 11.5. The van der Waals surface area contributed by atoms with E-state index in [9.17, 15) is 4.79 Å². The van der Waals surface area contributed by atoms with Crippen LogP contribution in [0.2, 0.25) is 15.1 Å². The number of halogens is 3. The van der Waals surface area contributed by atoms with E-state index >= 15 is 0 Å². The summed E-state index contributed by atoms with van der Waals surface area (Å²) in [7, 11) is 1.84. The first-order chi connectivity index (χ1) is 15.4. The molecule has 1 atom stereocenters. The summed E-state index contributed by atoms with van der Waals surface area (Å²) < 4.78 is 5.44. The van der Waals surface area contributed by atoms with Crippen LogP contribution in [0.3, 0.4) is 0 Å². The van der Waals surface area contributed by atoms with Crippen molar-refractivity contribution in [3.8, 4) is 11.4 Å². The summed E-state index contributed by atoms with van der Waals surface area (Å²) >= 11 is 18.2. The standard InChI is InChI=1S/C23H23Cl3N4O2/c1-29(12-15-4-6-17(24)7-5-15)23(31)16-3-2-10-30(13-16)14-21-27-22(28-32-21)19-9-8-18(25)11-20(19)26/h4-9,11,16H,2-3,10,12-14H2,1H3. The molecule has 0 N–H and O–H groups in total. The Morgan fingerprint density at radius 1 is 1.16 bits per heavy atom. The molecule has 1 fully saturated rings. The molecule has 3 aromatic rings. The Morgan fingerprint density at radius 3 is 2.66 bits per heavy atom. The molecule has 0 spiro atoms. The zero-order valence-electron chi connectivity index (χ0n) is 17.6. The molecule has 1 aliphatic heterocycles. The van der Waals surface area contributed by atoms with Crippen LogP contribution in [0.4, 0.5) is 0 Å². The fraction of sp³-hybridized carbons (Fsp3) is 0.348. The molecule has 1 aliphatic rings. The Balaban J connectivity index is 1.36. The molecule has 2 aromatic carbocycles. The van der Waals surface area contributed by atoms with Crippen molar-refractivity contribution in [2.75, 3.05) is 20.1 Å². The van der Waals surface area contributed by atoms with E-state index in [0.717, 1.165) is 24.9 Å². The van der Waals surface area contributed by atoms with Gasteiger partial charge in [0.15, 0.2) is 0 Å². The molecule has 0 aliphatic carbocycles. The second-order valence-corrected chi connectivity index (χ2v) is 9.31. The minimum absolute atomic E-state index is 0.0610. The van der Waals surface area contributed by atoms with Gasteiger partial charge in [-0.2, -0.15) is 4.98 Å². The highest BCUT2D eigenvalue weighted by Gasteiger charge is 2.29. The van der Waals surface area contributed by atoms with Gasteiger partial charge in [0.1, 0.15) is 0 Å². The molecule has 1 saturated heterocycles. The third kappa shape index (κ3) is 5.62. The van der Waals surface area contributed by atoms with E-state index in [1.54, 1.807) is 23.1 Å². The highest BCUT2D eigenvalue weighted by Crippen LogP contribution is 2.29. The maximum atomic E-state index is 13.0. The SMILES string of the molecule is CN(Cc1ccc(Cl)cc1)C(=O)C1CCCN(Cc2nc(-c3ccc(Cl)cc3Cl)no2)C1. The second kappa shape index (κ2) is 10.2. The van der Waals surface area contributed by atoms with Crippen LogP contribution in [0.5, 0.6) is 0 Å². The summed E-state index contributed by atoms with van der Waals surface area (Å²) in [6.07, 6.45) is 1.81. The molecule has 1 unspecified atom stereocenters. The van der Waals surface area contributed by atoms with Gasteiger partial charge < -0.3 is 9.42 Å². The molecule has 0 bridgehead atoms. The van der Waals surface area contributed by atoms with Crippen molar-refractivity contribution in [3.05, 3.63) is 69.0 Å². The Morgan fingerprint density at radius 2 is 1.91 bits per heavy atom. The highest BCUT2D eigenvalue weighted by atomic mass is 35.5. The van der Waals surface area contributed by atoms with Gasteiger partial charge in [0.25, 0.3) is 0 Å². The van der Waals surface area contributed by atoms with Crippen molar-refractivity contribution in [1.82, 2.24) is 19.9 Å². The number of nitrogens with zero attached hydrogens (tertiary/aromatic N) is 4.